The molecule has 3 heteroatoms. The summed E-state index contributed by atoms with van der Waals surface area (Å²) in [6.45, 7) is 6.99. The Morgan fingerprint density at radius 3 is 2.44 bits per heavy atom. The van der Waals surface area contributed by atoms with Crippen LogP contribution in [0.1, 0.15) is 46.0 Å². The highest BCUT2D eigenvalue weighted by atomic mass is 16.6. The van der Waals surface area contributed by atoms with Crippen LogP contribution in [0.2, 0.25) is 0 Å². The molecule has 1 saturated heterocycles. The normalized spacial score (nSPS) is 25.7. The Morgan fingerprint density at radius 1 is 1.25 bits per heavy atom. The topological polar surface area (TPSA) is 30.5 Å². The first kappa shape index (κ1) is 12.3. The number of rotatable bonds is 5. The van der Waals surface area contributed by atoms with E-state index in [0.717, 1.165) is 19.8 Å². The van der Waals surface area contributed by atoms with Gasteiger partial charge in [0, 0.05) is 12.6 Å². The number of ether oxygens (including phenoxy) is 2. The quantitative estimate of drug-likeness (QED) is 0.780. The van der Waals surface area contributed by atoms with Gasteiger partial charge in [-0.25, -0.2) is 0 Å². The standard InChI is InChI=1S/C13H25NO2/c1-11(2)14-10-13(6-4-3-5-7-13)16-12-8-15-9-12/h11-12,14H,3-10H2,1-2H3. The summed E-state index contributed by atoms with van der Waals surface area (Å²) >= 11 is 0. The molecule has 2 rings (SSSR count). The highest BCUT2D eigenvalue weighted by Crippen LogP contribution is 2.33. The molecule has 0 aromatic heterocycles. The van der Waals surface area contributed by atoms with Crippen LogP contribution in [0.4, 0.5) is 0 Å². The number of hydrogen-bond acceptors (Lipinski definition) is 3. The monoisotopic (exact) mass is 227 g/mol. The molecular weight excluding hydrogens is 202 g/mol. The third-order valence-electron chi connectivity index (χ3n) is 3.62. The lowest BCUT2D eigenvalue weighted by atomic mass is 9.84. The molecule has 1 aliphatic heterocycles. The van der Waals surface area contributed by atoms with Gasteiger partial charge in [0.2, 0.25) is 0 Å². The van der Waals surface area contributed by atoms with Crippen molar-refractivity contribution in [2.45, 2.75) is 63.7 Å². The van der Waals surface area contributed by atoms with Gasteiger partial charge in [-0.1, -0.05) is 33.1 Å². The smallest absolute Gasteiger partial charge is 0.105 e. The lowest BCUT2D eigenvalue weighted by molar-refractivity contribution is -0.200. The molecule has 94 valence electrons. The maximum absolute atomic E-state index is 6.28. The van der Waals surface area contributed by atoms with Crippen LogP contribution in [0.3, 0.4) is 0 Å². The highest BCUT2D eigenvalue weighted by molar-refractivity contribution is 4.89. The van der Waals surface area contributed by atoms with E-state index in [1.165, 1.54) is 32.1 Å². The minimum Gasteiger partial charge on any atom is -0.376 e. The molecule has 0 radical (unpaired) electrons. The molecule has 3 nitrogen and oxygen atoms in total. The second-order valence-corrected chi connectivity index (χ2v) is 5.56. The van der Waals surface area contributed by atoms with Gasteiger partial charge in [-0.15, -0.1) is 0 Å². The van der Waals surface area contributed by atoms with Gasteiger partial charge in [-0.2, -0.15) is 0 Å². The van der Waals surface area contributed by atoms with E-state index in [-0.39, 0.29) is 5.60 Å². The van der Waals surface area contributed by atoms with Crippen molar-refractivity contribution in [3.8, 4) is 0 Å². The molecule has 1 saturated carbocycles. The van der Waals surface area contributed by atoms with E-state index >= 15 is 0 Å². The van der Waals surface area contributed by atoms with Gasteiger partial charge in [0.05, 0.1) is 18.8 Å². The van der Waals surface area contributed by atoms with E-state index in [2.05, 4.69) is 19.2 Å². The van der Waals surface area contributed by atoms with Gasteiger partial charge >= 0.3 is 0 Å². The van der Waals surface area contributed by atoms with Crippen LogP contribution < -0.4 is 5.32 Å². The SMILES string of the molecule is CC(C)NCC1(OC2COC2)CCCCC1. The predicted molar refractivity (Wildman–Crippen MR) is 64.6 cm³/mol. The summed E-state index contributed by atoms with van der Waals surface area (Å²) in [5, 5.41) is 3.54. The molecule has 0 unspecified atom stereocenters. The van der Waals surface area contributed by atoms with Crippen molar-refractivity contribution in [1.29, 1.82) is 0 Å². The largest absolute Gasteiger partial charge is 0.376 e. The molecule has 16 heavy (non-hydrogen) atoms. The van der Waals surface area contributed by atoms with Crippen LogP contribution in [0, 0.1) is 0 Å². The van der Waals surface area contributed by atoms with Crippen molar-refractivity contribution < 1.29 is 9.47 Å². The summed E-state index contributed by atoms with van der Waals surface area (Å²) in [7, 11) is 0. The van der Waals surface area contributed by atoms with Crippen molar-refractivity contribution in [2.24, 2.45) is 0 Å². The Hall–Kier alpha value is -0.120. The molecule has 0 bridgehead atoms. The number of nitrogens with one attached hydrogen (secondary N) is 1. The Kier molecular flexibility index (Phi) is 4.22. The zero-order valence-electron chi connectivity index (χ0n) is 10.6. The third-order valence-corrected chi connectivity index (χ3v) is 3.62. The third kappa shape index (κ3) is 3.19. The molecule has 0 aromatic rings. The van der Waals surface area contributed by atoms with E-state index < -0.39 is 0 Å². The van der Waals surface area contributed by atoms with Crippen LogP contribution in [0.15, 0.2) is 0 Å². The molecule has 2 aliphatic rings. The van der Waals surface area contributed by atoms with Gasteiger partial charge in [0.25, 0.3) is 0 Å². The zero-order chi connectivity index (χ0) is 11.4. The van der Waals surface area contributed by atoms with Crippen molar-refractivity contribution in [1.82, 2.24) is 5.32 Å². The molecule has 1 heterocycles. The minimum atomic E-state index is 0.0942. The van der Waals surface area contributed by atoms with Crippen LogP contribution in [-0.2, 0) is 9.47 Å². The first-order chi connectivity index (χ1) is 7.70. The van der Waals surface area contributed by atoms with Gasteiger partial charge in [-0.3, -0.25) is 0 Å². The molecule has 0 amide bonds. The van der Waals surface area contributed by atoms with Crippen molar-refractivity contribution in [3.63, 3.8) is 0 Å². The molecule has 0 atom stereocenters. The lowest BCUT2D eigenvalue weighted by Gasteiger charge is -2.43. The fraction of sp³-hybridized carbons (Fsp3) is 1.00. The van der Waals surface area contributed by atoms with Crippen LogP contribution in [0.5, 0.6) is 0 Å². The van der Waals surface area contributed by atoms with E-state index in [0.29, 0.717) is 12.1 Å². The van der Waals surface area contributed by atoms with E-state index in [4.69, 9.17) is 9.47 Å². The average molecular weight is 227 g/mol. The van der Waals surface area contributed by atoms with Gasteiger partial charge < -0.3 is 14.8 Å². The molecular formula is C13H25NO2. The van der Waals surface area contributed by atoms with E-state index in [1.54, 1.807) is 0 Å². The first-order valence-corrected chi connectivity index (χ1v) is 6.69. The van der Waals surface area contributed by atoms with Gasteiger partial charge in [-0.05, 0) is 12.8 Å². The lowest BCUT2D eigenvalue weighted by Crippen LogP contribution is -2.52. The average Bonchev–Trinajstić information content (AvgIpc) is 2.23. The van der Waals surface area contributed by atoms with E-state index in [9.17, 15) is 0 Å². The maximum Gasteiger partial charge on any atom is 0.105 e. The second-order valence-electron chi connectivity index (χ2n) is 5.56. The first-order valence-electron chi connectivity index (χ1n) is 6.69. The van der Waals surface area contributed by atoms with Crippen molar-refractivity contribution in [3.05, 3.63) is 0 Å². The molecule has 1 aliphatic carbocycles. The summed E-state index contributed by atoms with van der Waals surface area (Å²) in [5.41, 5.74) is 0.0942. The summed E-state index contributed by atoms with van der Waals surface area (Å²) < 4.78 is 11.5. The zero-order valence-corrected chi connectivity index (χ0v) is 10.6. The summed E-state index contributed by atoms with van der Waals surface area (Å²) in [5.74, 6) is 0. The minimum absolute atomic E-state index is 0.0942. The molecule has 0 spiro atoms. The Morgan fingerprint density at radius 2 is 1.94 bits per heavy atom. The Labute approximate surface area is 98.9 Å². The molecule has 0 aromatic carbocycles. The summed E-state index contributed by atoms with van der Waals surface area (Å²) in [6, 6.07) is 0.542. The molecule has 2 fully saturated rings. The fourth-order valence-corrected chi connectivity index (χ4v) is 2.56. The van der Waals surface area contributed by atoms with Crippen molar-refractivity contribution >= 4 is 0 Å². The van der Waals surface area contributed by atoms with Crippen molar-refractivity contribution in [2.75, 3.05) is 19.8 Å². The summed E-state index contributed by atoms with van der Waals surface area (Å²) in [4.78, 5) is 0. The maximum atomic E-state index is 6.28. The van der Waals surface area contributed by atoms with Crippen LogP contribution in [-0.4, -0.2) is 37.5 Å². The van der Waals surface area contributed by atoms with Gasteiger partial charge in [0.1, 0.15) is 6.10 Å². The Bertz CT molecular complexity index is 208. The predicted octanol–water partition coefficient (Wildman–Crippen LogP) is 2.10. The van der Waals surface area contributed by atoms with Crippen LogP contribution >= 0.6 is 0 Å². The number of hydrogen-bond donors (Lipinski definition) is 1. The van der Waals surface area contributed by atoms with Gasteiger partial charge in [0.15, 0.2) is 0 Å². The van der Waals surface area contributed by atoms with Crippen LogP contribution in [0.25, 0.3) is 0 Å². The molecule has 1 N–H and O–H groups in total. The fourth-order valence-electron chi connectivity index (χ4n) is 2.56. The highest BCUT2D eigenvalue weighted by Gasteiger charge is 2.37. The second kappa shape index (κ2) is 5.48. The Balaban J connectivity index is 1.87. The van der Waals surface area contributed by atoms with E-state index in [1.807, 2.05) is 0 Å². The summed E-state index contributed by atoms with van der Waals surface area (Å²) in [6.07, 6.45) is 6.77.